The third-order valence-electron chi connectivity index (χ3n) is 2.95. The Labute approximate surface area is 120 Å². The molecule has 0 N–H and O–H groups in total. The summed E-state index contributed by atoms with van der Waals surface area (Å²) in [6, 6.07) is 5.26. The molecule has 1 fully saturated rings. The van der Waals surface area contributed by atoms with E-state index in [1.54, 1.807) is 29.4 Å². The maximum absolute atomic E-state index is 6.25. The highest BCUT2D eigenvalue weighted by Gasteiger charge is 2.40. The van der Waals surface area contributed by atoms with Crippen LogP contribution < -0.4 is 0 Å². The molecule has 7 heteroatoms. The molecule has 0 atom stereocenters. The molecule has 19 heavy (non-hydrogen) atoms. The van der Waals surface area contributed by atoms with Crippen molar-refractivity contribution in [3.63, 3.8) is 0 Å². The molecule has 0 aliphatic carbocycles. The molecule has 2 heterocycles. The number of ether oxygens (including phenoxy) is 2. The van der Waals surface area contributed by atoms with Crippen LogP contribution in [0.25, 0.3) is 0 Å². The lowest BCUT2D eigenvalue weighted by Crippen LogP contribution is -2.32. The van der Waals surface area contributed by atoms with Crippen molar-refractivity contribution in [3.05, 3.63) is 46.5 Å². The van der Waals surface area contributed by atoms with Crippen LogP contribution in [0, 0.1) is 0 Å². The molecule has 1 aliphatic heterocycles. The Morgan fingerprint density at radius 2 is 1.84 bits per heavy atom. The number of nitrogens with zero attached hydrogens (tertiary/aromatic N) is 3. The molecule has 1 aliphatic rings. The lowest BCUT2D eigenvalue weighted by Gasteiger charge is -2.28. The summed E-state index contributed by atoms with van der Waals surface area (Å²) in [5.41, 5.74) is 0.754. The maximum Gasteiger partial charge on any atom is 0.215 e. The van der Waals surface area contributed by atoms with Crippen LogP contribution in [-0.2, 0) is 21.8 Å². The van der Waals surface area contributed by atoms with Crippen molar-refractivity contribution >= 4 is 23.2 Å². The Morgan fingerprint density at radius 1 is 1.16 bits per heavy atom. The molecule has 0 unspecified atom stereocenters. The van der Waals surface area contributed by atoms with Gasteiger partial charge in [-0.05, 0) is 12.1 Å². The molecule has 0 amide bonds. The van der Waals surface area contributed by atoms with Crippen molar-refractivity contribution in [3.8, 4) is 0 Å². The minimum absolute atomic E-state index is 0.432. The van der Waals surface area contributed by atoms with Gasteiger partial charge in [-0.15, -0.1) is 10.2 Å². The third-order valence-corrected chi connectivity index (χ3v) is 3.50. The summed E-state index contributed by atoms with van der Waals surface area (Å²) in [6.07, 6.45) is 3.22. The van der Waals surface area contributed by atoms with Gasteiger partial charge in [0.15, 0.2) is 0 Å². The van der Waals surface area contributed by atoms with Gasteiger partial charge in [0.1, 0.15) is 12.7 Å². The molecular formula is C12H11Cl2N3O2. The summed E-state index contributed by atoms with van der Waals surface area (Å²) in [5.74, 6) is -0.913. The fourth-order valence-electron chi connectivity index (χ4n) is 2.13. The zero-order chi connectivity index (χ0) is 13.3. The Kier molecular flexibility index (Phi) is 3.45. The average Bonchev–Trinajstić information content (AvgIpc) is 3.02. The van der Waals surface area contributed by atoms with Gasteiger partial charge in [-0.3, -0.25) is 0 Å². The molecule has 2 aromatic rings. The number of hydrogen-bond donors (Lipinski definition) is 0. The van der Waals surface area contributed by atoms with E-state index in [0.717, 1.165) is 5.56 Å². The van der Waals surface area contributed by atoms with Gasteiger partial charge in [0, 0.05) is 10.6 Å². The molecule has 0 radical (unpaired) electrons. The maximum atomic E-state index is 6.25. The normalized spacial score (nSPS) is 17.8. The first-order valence-corrected chi connectivity index (χ1v) is 6.51. The minimum atomic E-state index is -0.913. The fourth-order valence-corrected chi connectivity index (χ4v) is 2.68. The highest BCUT2D eigenvalue weighted by atomic mass is 35.5. The Balaban J connectivity index is 2.00. The van der Waals surface area contributed by atoms with Crippen molar-refractivity contribution in [2.75, 3.05) is 13.2 Å². The topological polar surface area (TPSA) is 49.2 Å². The van der Waals surface area contributed by atoms with E-state index in [-0.39, 0.29) is 0 Å². The molecule has 1 aromatic carbocycles. The highest BCUT2D eigenvalue weighted by Crippen LogP contribution is 2.38. The van der Waals surface area contributed by atoms with E-state index in [0.29, 0.717) is 29.8 Å². The predicted octanol–water partition coefficient (Wildman–Crippen LogP) is 2.48. The summed E-state index contributed by atoms with van der Waals surface area (Å²) >= 11 is 12.2. The van der Waals surface area contributed by atoms with Gasteiger partial charge in [-0.1, -0.05) is 29.3 Å². The van der Waals surface area contributed by atoms with Crippen LogP contribution in [0.15, 0.2) is 30.9 Å². The molecule has 1 aromatic heterocycles. The zero-order valence-corrected chi connectivity index (χ0v) is 11.4. The van der Waals surface area contributed by atoms with E-state index in [1.807, 2.05) is 6.07 Å². The molecule has 1 saturated heterocycles. The smallest absolute Gasteiger partial charge is 0.215 e. The Hall–Kier alpha value is -1.14. The second kappa shape index (κ2) is 5.09. The minimum Gasteiger partial charge on any atom is -0.342 e. The van der Waals surface area contributed by atoms with Crippen LogP contribution in [-0.4, -0.2) is 28.0 Å². The van der Waals surface area contributed by atoms with E-state index in [9.17, 15) is 0 Å². The fraction of sp³-hybridized carbons (Fsp3) is 0.333. The molecular weight excluding hydrogens is 289 g/mol. The molecule has 0 saturated carbocycles. The summed E-state index contributed by atoms with van der Waals surface area (Å²) in [7, 11) is 0. The van der Waals surface area contributed by atoms with Crippen LogP contribution in [0.4, 0.5) is 0 Å². The van der Waals surface area contributed by atoms with E-state index < -0.39 is 5.79 Å². The largest absolute Gasteiger partial charge is 0.342 e. The van der Waals surface area contributed by atoms with Crippen molar-refractivity contribution in [1.29, 1.82) is 0 Å². The average molecular weight is 300 g/mol. The van der Waals surface area contributed by atoms with Crippen LogP contribution >= 0.6 is 23.2 Å². The van der Waals surface area contributed by atoms with Crippen molar-refractivity contribution < 1.29 is 9.47 Å². The lowest BCUT2D eigenvalue weighted by atomic mass is 10.1. The van der Waals surface area contributed by atoms with E-state index in [1.165, 1.54) is 0 Å². The first-order chi connectivity index (χ1) is 9.20. The predicted molar refractivity (Wildman–Crippen MR) is 70.1 cm³/mol. The van der Waals surface area contributed by atoms with Gasteiger partial charge in [-0.2, -0.15) is 0 Å². The van der Waals surface area contributed by atoms with E-state index in [4.69, 9.17) is 32.7 Å². The van der Waals surface area contributed by atoms with Gasteiger partial charge < -0.3 is 14.0 Å². The zero-order valence-electron chi connectivity index (χ0n) is 9.92. The van der Waals surface area contributed by atoms with Gasteiger partial charge in [0.25, 0.3) is 0 Å². The second-order valence-electron chi connectivity index (χ2n) is 4.21. The van der Waals surface area contributed by atoms with Crippen LogP contribution in [0.2, 0.25) is 10.0 Å². The number of hydrogen-bond acceptors (Lipinski definition) is 4. The summed E-state index contributed by atoms with van der Waals surface area (Å²) in [4.78, 5) is 0. The molecule has 0 spiro atoms. The first kappa shape index (κ1) is 12.9. The lowest BCUT2D eigenvalue weighted by molar-refractivity contribution is -0.176. The number of halogens is 2. The number of benzene rings is 1. The van der Waals surface area contributed by atoms with Crippen molar-refractivity contribution in [1.82, 2.24) is 14.8 Å². The summed E-state index contributed by atoms with van der Waals surface area (Å²) in [6.45, 7) is 1.46. The molecule has 100 valence electrons. The van der Waals surface area contributed by atoms with E-state index in [2.05, 4.69) is 10.2 Å². The standard InChI is InChI=1S/C12H11Cl2N3O2/c13-9-1-2-10(11(14)5-9)12(18-3-4-19-12)6-17-7-15-16-8-17/h1-2,5,7-8H,3-4,6H2. The van der Waals surface area contributed by atoms with Crippen LogP contribution in [0.3, 0.4) is 0 Å². The van der Waals surface area contributed by atoms with Gasteiger partial charge >= 0.3 is 0 Å². The quantitative estimate of drug-likeness (QED) is 0.874. The van der Waals surface area contributed by atoms with Crippen LogP contribution in [0.5, 0.6) is 0 Å². The Bertz CT molecular complexity index is 568. The molecule has 5 nitrogen and oxygen atoms in total. The summed E-state index contributed by atoms with van der Waals surface area (Å²) in [5, 5.41) is 8.64. The van der Waals surface area contributed by atoms with Gasteiger partial charge in [0.05, 0.1) is 24.8 Å². The van der Waals surface area contributed by atoms with Gasteiger partial charge in [-0.25, -0.2) is 0 Å². The number of aromatic nitrogens is 3. The second-order valence-corrected chi connectivity index (χ2v) is 5.05. The van der Waals surface area contributed by atoms with Gasteiger partial charge in [0.2, 0.25) is 5.79 Å². The van der Waals surface area contributed by atoms with Crippen molar-refractivity contribution in [2.45, 2.75) is 12.3 Å². The number of rotatable bonds is 3. The molecule has 0 bridgehead atoms. The van der Waals surface area contributed by atoms with Crippen LogP contribution in [0.1, 0.15) is 5.56 Å². The SMILES string of the molecule is Clc1ccc(C2(Cn3cnnc3)OCCO2)c(Cl)c1. The summed E-state index contributed by atoms with van der Waals surface area (Å²) < 4.78 is 13.4. The van der Waals surface area contributed by atoms with Crippen molar-refractivity contribution in [2.24, 2.45) is 0 Å². The first-order valence-electron chi connectivity index (χ1n) is 5.75. The monoisotopic (exact) mass is 299 g/mol. The third kappa shape index (κ3) is 2.47. The highest BCUT2D eigenvalue weighted by molar-refractivity contribution is 6.35. The molecule has 3 rings (SSSR count). The Morgan fingerprint density at radius 3 is 2.47 bits per heavy atom. The van der Waals surface area contributed by atoms with E-state index >= 15 is 0 Å².